The fourth-order valence-electron chi connectivity index (χ4n) is 10.8. The predicted molar refractivity (Wildman–Crippen MR) is 325 cm³/mol. The topological polar surface area (TPSA) is 108 Å². The van der Waals surface area contributed by atoms with E-state index in [2.05, 4.69) is 137 Å². The van der Waals surface area contributed by atoms with Crippen LogP contribution in [0.3, 0.4) is 0 Å². The monoisotopic (exact) mass is 1060 g/mol. The van der Waals surface area contributed by atoms with Gasteiger partial charge in [0.05, 0.1) is 30.5 Å². The number of aliphatic hydroxyl groups excluding tert-OH is 2. The molecule has 7 fully saturated rings. The van der Waals surface area contributed by atoms with Crippen LogP contribution in [0.5, 0.6) is 0 Å². The first-order chi connectivity index (χ1) is 35.4. The van der Waals surface area contributed by atoms with E-state index in [1.54, 1.807) is 0 Å². The van der Waals surface area contributed by atoms with Crippen LogP contribution in [0.2, 0.25) is 0 Å². The van der Waals surface area contributed by atoms with Crippen LogP contribution in [0.15, 0.2) is 90.5 Å². The van der Waals surface area contributed by atoms with Crippen LogP contribution in [-0.4, -0.2) is 114 Å². The third-order valence-electron chi connectivity index (χ3n) is 14.3. The Kier molecular flexibility index (Phi) is 40.5. The summed E-state index contributed by atoms with van der Waals surface area (Å²) >= 11 is 0. The Morgan fingerprint density at radius 3 is 1.33 bits per heavy atom. The molecule has 4 aliphatic heterocycles. The zero-order chi connectivity index (χ0) is 53.7. The van der Waals surface area contributed by atoms with Crippen molar-refractivity contribution in [3.63, 3.8) is 0 Å². The Labute approximate surface area is 451 Å². The molecular weight excluding hydrogens is 946 g/mol. The predicted octanol–water partition coefficient (Wildman–Crippen LogP) is 12.6. The molecule has 4 aliphatic carbocycles. The van der Waals surface area contributed by atoms with E-state index in [1.807, 2.05) is 95.2 Å². The van der Waals surface area contributed by atoms with Crippen molar-refractivity contribution in [3.05, 3.63) is 108 Å². The zero-order valence-corrected chi connectivity index (χ0v) is 51.1. The van der Waals surface area contributed by atoms with Gasteiger partial charge in [-0.25, -0.2) is 0 Å². The van der Waals surface area contributed by atoms with Crippen molar-refractivity contribution >= 4 is 28.2 Å². The molecule has 0 amide bonds. The molecule has 2 aromatic carbocycles. The van der Waals surface area contributed by atoms with Crippen molar-refractivity contribution in [3.8, 4) is 0 Å². The van der Waals surface area contributed by atoms with Crippen LogP contribution < -0.4 is 20.6 Å². The van der Waals surface area contributed by atoms with Gasteiger partial charge >= 0.3 is 0 Å². The van der Waals surface area contributed by atoms with Gasteiger partial charge in [-0.2, -0.15) is 0 Å². The molecule has 8 aliphatic rings. The molecule has 6 N–H and O–H groups in total. The first-order valence-corrected chi connectivity index (χ1v) is 30.8. The Hall–Kier alpha value is -1.50. The number of nitrogens with one attached hydrogen (secondary N) is 4. The minimum absolute atomic E-state index is 0.177. The zero-order valence-electron chi connectivity index (χ0n) is 47.7. The number of rotatable bonds is 8. The summed E-state index contributed by atoms with van der Waals surface area (Å²) in [6, 6.07) is 23.8. The Morgan fingerprint density at radius 1 is 0.542 bits per heavy atom. The van der Waals surface area contributed by atoms with Crippen LogP contribution in [0.25, 0.3) is 0 Å². The van der Waals surface area contributed by atoms with E-state index in [0.717, 1.165) is 64.3 Å². The number of aliphatic hydroxyl groups is 2. The molecule has 72 heavy (non-hydrogen) atoms. The second-order valence-corrected chi connectivity index (χ2v) is 19.3. The third-order valence-corrected chi connectivity index (χ3v) is 15.7. The summed E-state index contributed by atoms with van der Waals surface area (Å²) in [7, 11) is 7.83. The van der Waals surface area contributed by atoms with E-state index >= 15 is 0 Å². The van der Waals surface area contributed by atoms with Gasteiger partial charge in [-0.3, -0.25) is 25.1 Å². The van der Waals surface area contributed by atoms with Crippen LogP contribution in [0.1, 0.15) is 183 Å². The third kappa shape index (κ3) is 23.8. The number of hydrogen-bond acceptors (Lipinski definition) is 9. The lowest BCUT2D eigenvalue weighted by atomic mass is 9.94. The lowest BCUT2D eigenvalue weighted by Crippen LogP contribution is -2.50. The molecule has 412 valence electrons. The van der Waals surface area contributed by atoms with E-state index in [-0.39, 0.29) is 12.2 Å². The van der Waals surface area contributed by atoms with Crippen molar-refractivity contribution in [1.29, 1.82) is 0 Å². The average Bonchev–Trinajstić information content (AvgIpc) is 3.72. The minimum Gasteiger partial charge on any atom is -0.391 e. The van der Waals surface area contributed by atoms with Crippen molar-refractivity contribution in [2.24, 2.45) is 5.92 Å². The van der Waals surface area contributed by atoms with E-state index in [0.29, 0.717) is 54.3 Å². The number of epoxide rings is 1. The highest BCUT2D eigenvalue weighted by Crippen LogP contribution is 2.45. The molecule has 0 bridgehead atoms. The lowest BCUT2D eigenvalue weighted by molar-refractivity contribution is 0.0525. The summed E-state index contributed by atoms with van der Waals surface area (Å²) in [5, 5.41) is 34.0. The number of benzene rings is 2. The molecule has 15 atom stereocenters. The van der Waals surface area contributed by atoms with E-state index in [9.17, 15) is 10.2 Å². The van der Waals surface area contributed by atoms with Crippen LogP contribution >= 0.6 is 28.2 Å². The number of nitrogens with zero attached hydrogens (tertiary/aromatic N) is 2. The molecule has 12 heteroatoms. The average molecular weight is 1060 g/mol. The number of piperidine rings is 3. The SMILES string of the molecule is CC.CC.CC.CC.CC.CC.O[C@@H]1C[C@@H](c2ccccc2)C[C@H]1N1CCCC(NP)C1.O[C@H]1C[C@H](c2ccccc2)C[C@@H]1N1CCCC(NP)C1.PNC1CCCNC1.[C+]1=CC=CC=C1C1C[C@@H]2O[C@@H]2C1. The standard InChI is InChI=1S/2C16H25N2OP.C11H11O.C5H13N2P.6C2H6/c2*19-16-10-13(12-5-2-1-3-6-12)9-15(16)18-8-4-7-14(11-18)17-20;1-2-4-8(5-3-1)9-6-10-11(7-9)12-10;8-7-5-2-1-3-6-4-5;6*1-2/h2*1-3,5-6,13-17,19H,4,7-11,20H2;1-4,9-11H,6-7H2;5-7H,1-4,8H2;6*1-2H3/q;;+1;;;;;;;/t2*13-,14?,15+,16+;9?,10-,11+;;;;;;;/m10......../s1. The summed E-state index contributed by atoms with van der Waals surface area (Å²) in [6.45, 7) is 30.7. The van der Waals surface area contributed by atoms with Crippen molar-refractivity contribution < 1.29 is 14.9 Å². The Bertz CT molecular complexity index is 1560. The number of ether oxygens (including phenoxy) is 1. The van der Waals surface area contributed by atoms with Gasteiger partial charge in [-0.15, -0.1) is 0 Å². The van der Waals surface area contributed by atoms with E-state index in [4.69, 9.17) is 4.74 Å². The molecule has 4 saturated heterocycles. The highest BCUT2D eigenvalue weighted by molar-refractivity contribution is 7.14. The van der Waals surface area contributed by atoms with Gasteiger partial charge in [0.1, 0.15) is 11.6 Å². The normalized spacial score (nSPS) is 30.5. The maximum atomic E-state index is 10.5. The largest absolute Gasteiger partial charge is 0.391 e. The van der Waals surface area contributed by atoms with Gasteiger partial charge in [-0.1, -0.05) is 172 Å². The van der Waals surface area contributed by atoms with Gasteiger partial charge in [0, 0.05) is 74.0 Å². The van der Waals surface area contributed by atoms with E-state index < -0.39 is 0 Å². The van der Waals surface area contributed by atoms with Gasteiger partial charge < -0.3 is 20.3 Å². The lowest BCUT2D eigenvalue weighted by Gasteiger charge is -2.37. The van der Waals surface area contributed by atoms with Crippen LogP contribution in [0.4, 0.5) is 0 Å². The Morgan fingerprint density at radius 2 is 0.972 bits per heavy atom. The van der Waals surface area contributed by atoms with Crippen LogP contribution in [0, 0.1) is 12.0 Å². The van der Waals surface area contributed by atoms with Gasteiger partial charge in [0.25, 0.3) is 0 Å². The van der Waals surface area contributed by atoms with Crippen LogP contribution in [-0.2, 0) is 4.74 Å². The Balaban J connectivity index is 0.000000464. The van der Waals surface area contributed by atoms with Crippen molar-refractivity contribution in [2.75, 3.05) is 39.3 Å². The number of allylic oxidation sites excluding steroid dienone is 6. The molecule has 0 aromatic heterocycles. The molecule has 9 nitrogen and oxygen atoms in total. The smallest absolute Gasteiger partial charge is 0.119 e. The summed E-state index contributed by atoms with van der Waals surface area (Å²) in [5.41, 5.74) is 4.13. The maximum Gasteiger partial charge on any atom is 0.119 e. The fraction of sp³-hybridized carbons (Fsp3) is 0.700. The van der Waals surface area contributed by atoms with Crippen molar-refractivity contribution in [2.45, 2.75) is 227 Å². The van der Waals surface area contributed by atoms with Crippen molar-refractivity contribution in [1.82, 2.24) is 30.4 Å². The first-order valence-electron chi connectivity index (χ1n) is 29.1. The highest BCUT2D eigenvalue weighted by atomic mass is 31.0. The fourth-order valence-corrected chi connectivity index (χ4v) is 11.6. The second-order valence-electron chi connectivity index (χ2n) is 18.3. The maximum absolute atomic E-state index is 10.5. The second kappa shape index (κ2) is 42.6. The minimum atomic E-state index is -0.177. The highest BCUT2D eigenvalue weighted by Gasteiger charge is 2.49. The molecule has 4 heterocycles. The molecule has 3 saturated carbocycles. The van der Waals surface area contributed by atoms with Gasteiger partial charge in [-0.05, 0) is 120 Å². The molecule has 10 rings (SSSR count). The number of hydrogen-bond donors (Lipinski definition) is 6. The summed E-state index contributed by atoms with van der Waals surface area (Å²) < 4.78 is 5.39. The summed E-state index contributed by atoms with van der Waals surface area (Å²) in [6.07, 6.45) is 26.4. The summed E-state index contributed by atoms with van der Waals surface area (Å²) in [5.74, 6) is 1.75. The molecule has 0 spiro atoms. The first kappa shape index (κ1) is 68.5. The molecule has 2 aromatic rings. The number of likely N-dealkylation sites (tertiary alicyclic amines) is 2. The van der Waals surface area contributed by atoms with Gasteiger partial charge in [0.15, 0.2) is 0 Å². The molecule has 7 unspecified atom stereocenters. The summed E-state index contributed by atoms with van der Waals surface area (Å²) in [4.78, 5) is 5.00. The van der Waals surface area contributed by atoms with E-state index in [1.165, 1.54) is 74.6 Å². The number of fused-ring (bicyclic) bond motifs is 1. The molecular formula is C60H110N6O3P3+. The van der Waals surface area contributed by atoms with Gasteiger partial charge in [0.2, 0.25) is 0 Å². The quantitative estimate of drug-likeness (QED) is 0.0876. The molecule has 0 radical (unpaired) electrons.